The molecule has 5 heteroatoms. The minimum absolute atomic E-state index is 0.179. The van der Waals surface area contributed by atoms with E-state index < -0.39 is 0 Å². The fourth-order valence-electron chi connectivity index (χ4n) is 3.60. The molecule has 0 bridgehead atoms. The van der Waals surface area contributed by atoms with Crippen LogP contribution in [0, 0.1) is 6.92 Å². The third-order valence-electron chi connectivity index (χ3n) is 5.26. The molecular formula is C24H30N2O2S. The Bertz CT molecular complexity index is 802. The van der Waals surface area contributed by atoms with E-state index >= 15 is 0 Å². The summed E-state index contributed by atoms with van der Waals surface area (Å²) in [5.74, 6) is 1.74. The molecule has 1 aliphatic heterocycles. The first-order valence-electron chi connectivity index (χ1n) is 10.3. The van der Waals surface area contributed by atoms with Crippen molar-refractivity contribution in [2.45, 2.75) is 31.9 Å². The van der Waals surface area contributed by atoms with Crippen LogP contribution < -0.4 is 0 Å². The number of hydrogen-bond donors (Lipinski definition) is 0. The van der Waals surface area contributed by atoms with Gasteiger partial charge in [0, 0.05) is 38.4 Å². The van der Waals surface area contributed by atoms with E-state index in [4.69, 9.17) is 0 Å². The van der Waals surface area contributed by atoms with Gasteiger partial charge in [0.25, 0.3) is 0 Å². The van der Waals surface area contributed by atoms with E-state index in [0.717, 1.165) is 18.6 Å². The van der Waals surface area contributed by atoms with Gasteiger partial charge in [-0.3, -0.25) is 9.59 Å². The standard InChI is InChI=1S/C24H30N2O2S/c1-20-7-5-11-22(17-20)18-29-19-24(28)26-15-13-25(14-16-26)23(27)12-6-10-21-8-3-2-4-9-21/h2-5,7-9,11,17H,6,10,12-16,18-19H2,1H3. The minimum Gasteiger partial charge on any atom is -0.339 e. The number of piperazine rings is 1. The van der Waals surface area contributed by atoms with Crippen molar-refractivity contribution >= 4 is 23.6 Å². The number of rotatable bonds is 8. The molecule has 0 saturated carbocycles. The van der Waals surface area contributed by atoms with Crippen molar-refractivity contribution in [3.8, 4) is 0 Å². The van der Waals surface area contributed by atoms with Crippen LogP contribution in [-0.2, 0) is 21.8 Å². The van der Waals surface area contributed by atoms with Gasteiger partial charge < -0.3 is 9.80 Å². The molecule has 2 aromatic carbocycles. The first kappa shape index (κ1) is 21.4. The molecule has 0 N–H and O–H groups in total. The fourth-order valence-corrected chi connectivity index (χ4v) is 4.48. The maximum atomic E-state index is 12.5. The first-order chi connectivity index (χ1) is 14.1. The highest BCUT2D eigenvalue weighted by atomic mass is 32.2. The van der Waals surface area contributed by atoms with E-state index in [1.54, 1.807) is 11.8 Å². The summed E-state index contributed by atoms with van der Waals surface area (Å²) in [6.45, 7) is 4.68. The van der Waals surface area contributed by atoms with Gasteiger partial charge in [-0.2, -0.15) is 0 Å². The van der Waals surface area contributed by atoms with E-state index in [9.17, 15) is 9.59 Å². The molecule has 1 saturated heterocycles. The summed E-state index contributed by atoms with van der Waals surface area (Å²) in [7, 11) is 0. The molecule has 1 aliphatic rings. The molecule has 4 nitrogen and oxygen atoms in total. The van der Waals surface area contributed by atoms with Crippen LogP contribution in [0.15, 0.2) is 54.6 Å². The molecule has 0 aromatic heterocycles. The SMILES string of the molecule is Cc1cccc(CSCC(=O)N2CCN(C(=O)CCCc3ccccc3)CC2)c1. The highest BCUT2D eigenvalue weighted by Crippen LogP contribution is 2.15. The third-order valence-corrected chi connectivity index (χ3v) is 6.25. The van der Waals surface area contributed by atoms with Crippen LogP contribution in [0.3, 0.4) is 0 Å². The monoisotopic (exact) mass is 410 g/mol. The van der Waals surface area contributed by atoms with Gasteiger partial charge in [0.05, 0.1) is 5.75 Å². The fraction of sp³-hybridized carbons (Fsp3) is 0.417. The third kappa shape index (κ3) is 6.93. The normalized spacial score (nSPS) is 14.1. The Morgan fingerprint density at radius 3 is 2.21 bits per heavy atom. The highest BCUT2D eigenvalue weighted by molar-refractivity contribution is 7.99. The molecule has 0 aliphatic carbocycles. The quantitative estimate of drug-likeness (QED) is 0.662. The zero-order valence-electron chi connectivity index (χ0n) is 17.2. The number of carbonyl (C=O) groups excluding carboxylic acids is 2. The van der Waals surface area contributed by atoms with E-state index in [-0.39, 0.29) is 11.8 Å². The van der Waals surface area contributed by atoms with E-state index in [1.165, 1.54) is 16.7 Å². The second kappa shape index (κ2) is 11.1. The smallest absolute Gasteiger partial charge is 0.232 e. The number of amides is 2. The number of hydrogen-bond acceptors (Lipinski definition) is 3. The molecule has 0 spiro atoms. The predicted octanol–water partition coefficient (Wildman–Crippen LogP) is 3.92. The lowest BCUT2D eigenvalue weighted by atomic mass is 10.1. The summed E-state index contributed by atoms with van der Waals surface area (Å²) >= 11 is 1.66. The van der Waals surface area contributed by atoms with Crippen molar-refractivity contribution in [1.29, 1.82) is 0 Å². The Kier molecular flexibility index (Phi) is 8.17. The number of thioether (sulfide) groups is 1. The predicted molar refractivity (Wildman–Crippen MR) is 120 cm³/mol. The summed E-state index contributed by atoms with van der Waals surface area (Å²) in [6.07, 6.45) is 2.38. The zero-order chi connectivity index (χ0) is 20.5. The lowest BCUT2D eigenvalue weighted by Crippen LogP contribution is -2.51. The van der Waals surface area contributed by atoms with Crippen LogP contribution in [0.25, 0.3) is 0 Å². The summed E-state index contributed by atoms with van der Waals surface area (Å²) in [4.78, 5) is 28.7. The molecule has 0 radical (unpaired) electrons. The van der Waals surface area contributed by atoms with Crippen LogP contribution in [0.5, 0.6) is 0 Å². The molecule has 1 fully saturated rings. The summed E-state index contributed by atoms with van der Waals surface area (Å²) in [5.41, 5.74) is 3.78. The summed E-state index contributed by atoms with van der Waals surface area (Å²) in [5, 5.41) is 0. The minimum atomic E-state index is 0.179. The van der Waals surface area contributed by atoms with Gasteiger partial charge in [-0.1, -0.05) is 60.2 Å². The second-order valence-electron chi connectivity index (χ2n) is 7.58. The van der Waals surface area contributed by atoms with Crippen LogP contribution in [0.2, 0.25) is 0 Å². The summed E-state index contributed by atoms with van der Waals surface area (Å²) < 4.78 is 0. The number of carbonyl (C=O) groups is 2. The highest BCUT2D eigenvalue weighted by Gasteiger charge is 2.23. The van der Waals surface area contributed by atoms with Gasteiger partial charge in [0.2, 0.25) is 11.8 Å². The van der Waals surface area contributed by atoms with Gasteiger partial charge in [0.1, 0.15) is 0 Å². The topological polar surface area (TPSA) is 40.6 Å². The van der Waals surface area contributed by atoms with Crippen LogP contribution in [0.4, 0.5) is 0 Å². The second-order valence-corrected chi connectivity index (χ2v) is 8.57. The molecule has 2 aromatic rings. The number of benzene rings is 2. The van der Waals surface area contributed by atoms with Crippen molar-refractivity contribution in [3.63, 3.8) is 0 Å². The van der Waals surface area contributed by atoms with Crippen LogP contribution in [0.1, 0.15) is 29.5 Å². The van der Waals surface area contributed by atoms with Crippen molar-refractivity contribution in [3.05, 3.63) is 71.3 Å². The van der Waals surface area contributed by atoms with Crippen molar-refractivity contribution in [2.24, 2.45) is 0 Å². The number of aryl methyl sites for hydroxylation is 2. The first-order valence-corrected chi connectivity index (χ1v) is 11.5. The van der Waals surface area contributed by atoms with Crippen molar-refractivity contribution < 1.29 is 9.59 Å². The molecule has 1 heterocycles. The summed E-state index contributed by atoms with van der Waals surface area (Å²) in [6, 6.07) is 18.7. The molecule has 29 heavy (non-hydrogen) atoms. The maximum Gasteiger partial charge on any atom is 0.232 e. The van der Waals surface area contributed by atoms with Gasteiger partial charge >= 0.3 is 0 Å². The average Bonchev–Trinajstić information content (AvgIpc) is 2.74. The van der Waals surface area contributed by atoms with Crippen LogP contribution >= 0.6 is 11.8 Å². The van der Waals surface area contributed by atoms with Gasteiger partial charge in [-0.25, -0.2) is 0 Å². The van der Waals surface area contributed by atoms with Crippen molar-refractivity contribution in [2.75, 3.05) is 31.9 Å². The molecule has 2 amide bonds. The van der Waals surface area contributed by atoms with E-state index in [1.807, 2.05) is 28.0 Å². The largest absolute Gasteiger partial charge is 0.339 e. The molecular weight excluding hydrogens is 380 g/mol. The lowest BCUT2D eigenvalue weighted by molar-refractivity contribution is -0.138. The van der Waals surface area contributed by atoms with Gasteiger partial charge in [0.15, 0.2) is 0 Å². The lowest BCUT2D eigenvalue weighted by Gasteiger charge is -2.35. The molecule has 0 unspecified atom stereocenters. The molecule has 154 valence electrons. The molecule has 0 atom stereocenters. The van der Waals surface area contributed by atoms with Crippen LogP contribution in [-0.4, -0.2) is 53.5 Å². The Labute approximate surface area is 178 Å². The Morgan fingerprint density at radius 1 is 0.862 bits per heavy atom. The molecule has 3 rings (SSSR count). The maximum absolute atomic E-state index is 12.5. The van der Waals surface area contributed by atoms with E-state index in [2.05, 4.69) is 43.3 Å². The van der Waals surface area contributed by atoms with E-state index in [0.29, 0.717) is 38.4 Å². The zero-order valence-corrected chi connectivity index (χ0v) is 18.0. The van der Waals surface area contributed by atoms with Crippen molar-refractivity contribution in [1.82, 2.24) is 9.80 Å². The van der Waals surface area contributed by atoms with Gasteiger partial charge in [-0.05, 0) is 30.9 Å². The Hall–Kier alpha value is -2.27. The van der Waals surface area contributed by atoms with Gasteiger partial charge in [-0.15, -0.1) is 11.8 Å². The number of nitrogens with zero attached hydrogens (tertiary/aromatic N) is 2. The average molecular weight is 411 g/mol. The Morgan fingerprint density at radius 2 is 1.52 bits per heavy atom. The Balaban J connectivity index is 1.32.